The number of hydrogen-bond acceptors (Lipinski definition) is 7. The Morgan fingerprint density at radius 2 is 2.03 bits per heavy atom. The number of aliphatic hydroxyl groups is 1. The average Bonchev–Trinajstić information content (AvgIpc) is 3.52. The standard InChI is InChI=1S/C23H15ClN2O5S/c1-30-14-5-2-4-12(10-14)20(27)18-19(16-6-3-9-31-16)26(22(29)21(18)28)23-25-15-8-7-13(24)11-17(15)32-23/h2-11,19,27H,1H3. The molecule has 5 rings (SSSR count). The number of nitrogens with zero attached hydrogens (tertiary/aromatic N) is 2. The van der Waals surface area contributed by atoms with Crippen molar-refractivity contribution in [3.63, 3.8) is 0 Å². The first-order valence-corrected chi connectivity index (χ1v) is 10.7. The number of aromatic nitrogens is 1. The quantitative estimate of drug-likeness (QED) is 0.253. The largest absolute Gasteiger partial charge is 0.507 e. The predicted molar refractivity (Wildman–Crippen MR) is 121 cm³/mol. The van der Waals surface area contributed by atoms with Crippen molar-refractivity contribution in [2.24, 2.45) is 0 Å². The number of Topliss-reactive ketones (excluding diaryl/α,β-unsaturated/α-hetero) is 1. The summed E-state index contributed by atoms with van der Waals surface area (Å²) in [7, 11) is 1.50. The van der Waals surface area contributed by atoms with Gasteiger partial charge in [-0.25, -0.2) is 4.98 Å². The molecule has 1 N–H and O–H groups in total. The molecule has 0 spiro atoms. The lowest BCUT2D eigenvalue weighted by Gasteiger charge is -2.20. The number of benzene rings is 2. The van der Waals surface area contributed by atoms with Gasteiger partial charge >= 0.3 is 5.91 Å². The second kappa shape index (κ2) is 7.81. The topological polar surface area (TPSA) is 92.9 Å². The summed E-state index contributed by atoms with van der Waals surface area (Å²) in [6.45, 7) is 0. The number of carbonyl (C=O) groups is 2. The first kappa shape index (κ1) is 20.3. The van der Waals surface area contributed by atoms with Gasteiger partial charge in [0.1, 0.15) is 23.3 Å². The SMILES string of the molecule is COc1cccc(C(O)=C2C(=O)C(=O)N(c3nc4ccc(Cl)cc4s3)C2c2ccco2)c1. The molecule has 2 aromatic carbocycles. The van der Waals surface area contributed by atoms with Gasteiger partial charge in [0.2, 0.25) is 0 Å². The molecule has 1 atom stereocenters. The van der Waals surface area contributed by atoms with E-state index in [4.69, 9.17) is 20.8 Å². The van der Waals surface area contributed by atoms with Crippen molar-refractivity contribution in [2.75, 3.05) is 12.0 Å². The molecule has 0 bridgehead atoms. The number of ketones is 1. The molecule has 1 unspecified atom stereocenters. The normalized spacial score (nSPS) is 17.9. The molecule has 0 saturated carbocycles. The van der Waals surface area contributed by atoms with Crippen molar-refractivity contribution in [3.8, 4) is 5.75 Å². The third kappa shape index (κ3) is 3.24. The van der Waals surface area contributed by atoms with Gasteiger partial charge in [0, 0.05) is 10.6 Å². The van der Waals surface area contributed by atoms with E-state index in [9.17, 15) is 14.7 Å². The van der Waals surface area contributed by atoms with Crippen LogP contribution in [0.4, 0.5) is 5.13 Å². The van der Waals surface area contributed by atoms with Gasteiger partial charge in [-0.1, -0.05) is 35.1 Å². The molecule has 4 aromatic rings. The molecule has 7 nitrogen and oxygen atoms in total. The van der Waals surface area contributed by atoms with Crippen LogP contribution in [0.3, 0.4) is 0 Å². The molecule has 1 amide bonds. The summed E-state index contributed by atoms with van der Waals surface area (Å²) >= 11 is 7.31. The Hall–Kier alpha value is -3.62. The fourth-order valence-corrected chi connectivity index (χ4v) is 4.93. The summed E-state index contributed by atoms with van der Waals surface area (Å²) in [6, 6.07) is 14.1. The van der Waals surface area contributed by atoms with Crippen molar-refractivity contribution in [1.82, 2.24) is 4.98 Å². The average molecular weight is 467 g/mol. The monoisotopic (exact) mass is 466 g/mol. The zero-order valence-electron chi connectivity index (χ0n) is 16.6. The highest BCUT2D eigenvalue weighted by Crippen LogP contribution is 2.44. The summed E-state index contributed by atoms with van der Waals surface area (Å²) in [6.07, 6.45) is 1.44. The van der Waals surface area contributed by atoms with Crippen LogP contribution in [0.2, 0.25) is 5.02 Å². The molecule has 3 heterocycles. The highest BCUT2D eigenvalue weighted by atomic mass is 35.5. The van der Waals surface area contributed by atoms with Crippen LogP contribution in [-0.4, -0.2) is 28.9 Å². The molecule has 1 aliphatic heterocycles. The van der Waals surface area contributed by atoms with E-state index in [0.29, 0.717) is 32.7 Å². The predicted octanol–water partition coefficient (Wildman–Crippen LogP) is 5.18. The molecule has 1 fully saturated rings. The van der Waals surface area contributed by atoms with Gasteiger partial charge < -0.3 is 14.3 Å². The summed E-state index contributed by atoms with van der Waals surface area (Å²) in [4.78, 5) is 32.0. The number of fused-ring (bicyclic) bond motifs is 1. The molecule has 1 saturated heterocycles. The maximum absolute atomic E-state index is 13.1. The van der Waals surface area contributed by atoms with Crippen molar-refractivity contribution in [1.29, 1.82) is 0 Å². The minimum Gasteiger partial charge on any atom is -0.507 e. The number of amides is 1. The lowest BCUT2D eigenvalue weighted by atomic mass is 9.99. The van der Waals surface area contributed by atoms with Crippen LogP contribution in [0.1, 0.15) is 17.4 Å². The van der Waals surface area contributed by atoms with E-state index in [1.165, 1.54) is 29.6 Å². The van der Waals surface area contributed by atoms with Crippen LogP contribution >= 0.6 is 22.9 Å². The Morgan fingerprint density at radius 1 is 1.19 bits per heavy atom. The number of methoxy groups -OCH3 is 1. The zero-order chi connectivity index (χ0) is 22.4. The molecule has 1 aliphatic rings. The molecule has 160 valence electrons. The maximum atomic E-state index is 13.1. The number of halogens is 1. The summed E-state index contributed by atoms with van der Waals surface area (Å²) in [5.41, 5.74) is 0.896. The second-order valence-corrected chi connectivity index (χ2v) is 8.47. The van der Waals surface area contributed by atoms with E-state index in [0.717, 1.165) is 4.70 Å². The number of aliphatic hydroxyl groups excluding tert-OH is 1. The third-order valence-electron chi connectivity index (χ3n) is 5.15. The van der Waals surface area contributed by atoms with Crippen molar-refractivity contribution in [3.05, 3.63) is 82.8 Å². The number of rotatable bonds is 4. The van der Waals surface area contributed by atoms with Crippen LogP contribution in [0.25, 0.3) is 16.0 Å². The smallest absolute Gasteiger partial charge is 0.302 e. The number of ether oxygens (including phenoxy) is 1. The lowest BCUT2D eigenvalue weighted by Crippen LogP contribution is -2.29. The molecular weight excluding hydrogens is 452 g/mol. The number of furan rings is 1. The van der Waals surface area contributed by atoms with Crippen LogP contribution < -0.4 is 9.64 Å². The van der Waals surface area contributed by atoms with Crippen molar-refractivity contribution < 1.29 is 23.8 Å². The number of anilines is 1. The van der Waals surface area contributed by atoms with Crippen LogP contribution in [0.5, 0.6) is 5.75 Å². The van der Waals surface area contributed by atoms with E-state index in [-0.39, 0.29) is 11.3 Å². The Labute approximate surface area is 191 Å². The summed E-state index contributed by atoms with van der Waals surface area (Å²) in [5, 5.41) is 11.9. The fraction of sp³-hybridized carbons (Fsp3) is 0.0870. The Morgan fingerprint density at radius 3 is 2.78 bits per heavy atom. The van der Waals surface area contributed by atoms with Gasteiger partial charge in [-0.3, -0.25) is 14.5 Å². The van der Waals surface area contributed by atoms with Gasteiger partial charge in [0.15, 0.2) is 5.13 Å². The first-order valence-electron chi connectivity index (χ1n) is 9.53. The lowest BCUT2D eigenvalue weighted by molar-refractivity contribution is -0.132. The Balaban J connectivity index is 1.71. The van der Waals surface area contributed by atoms with Gasteiger partial charge in [-0.2, -0.15) is 0 Å². The molecular formula is C23H15ClN2O5S. The zero-order valence-corrected chi connectivity index (χ0v) is 18.2. The van der Waals surface area contributed by atoms with Crippen LogP contribution in [0, 0.1) is 0 Å². The van der Waals surface area contributed by atoms with Crippen LogP contribution in [-0.2, 0) is 9.59 Å². The minimum atomic E-state index is -0.979. The van der Waals surface area contributed by atoms with E-state index in [2.05, 4.69) is 4.98 Å². The molecule has 0 aliphatic carbocycles. The number of hydrogen-bond donors (Lipinski definition) is 1. The molecule has 9 heteroatoms. The van der Waals surface area contributed by atoms with E-state index >= 15 is 0 Å². The van der Waals surface area contributed by atoms with E-state index in [1.807, 2.05) is 0 Å². The Kier molecular flexibility index (Phi) is 4.96. The fourth-order valence-electron chi connectivity index (χ4n) is 3.66. The highest BCUT2D eigenvalue weighted by Gasteiger charge is 2.49. The molecule has 0 radical (unpaired) electrons. The summed E-state index contributed by atoms with van der Waals surface area (Å²) < 4.78 is 11.5. The highest BCUT2D eigenvalue weighted by molar-refractivity contribution is 7.22. The third-order valence-corrected chi connectivity index (χ3v) is 6.40. The van der Waals surface area contributed by atoms with E-state index < -0.39 is 17.7 Å². The van der Waals surface area contributed by atoms with Gasteiger partial charge in [-0.15, -0.1) is 0 Å². The van der Waals surface area contributed by atoms with Crippen molar-refractivity contribution in [2.45, 2.75) is 6.04 Å². The summed E-state index contributed by atoms with van der Waals surface area (Å²) in [5.74, 6) is -1.13. The first-order chi connectivity index (χ1) is 15.5. The Bertz CT molecular complexity index is 1390. The second-order valence-electron chi connectivity index (χ2n) is 7.02. The minimum absolute atomic E-state index is 0.0875. The van der Waals surface area contributed by atoms with Crippen molar-refractivity contribution >= 4 is 55.7 Å². The van der Waals surface area contributed by atoms with Gasteiger partial charge in [-0.05, 0) is 42.5 Å². The number of carbonyl (C=O) groups excluding carboxylic acids is 2. The number of thiazole rings is 1. The molecule has 2 aromatic heterocycles. The maximum Gasteiger partial charge on any atom is 0.302 e. The molecule has 32 heavy (non-hydrogen) atoms. The van der Waals surface area contributed by atoms with Gasteiger partial charge in [0.05, 0.1) is 29.2 Å². The van der Waals surface area contributed by atoms with E-state index in [1.54, 1.807) is 54.6 Å². The van der Waals surface area contributed by atoms with Crippen LogP contribution in [0.15, 0.2) is 70.9 Å². The van der Waals surface area contributed by atoms with Gasteiger partial charge in [0.25, 0.3) is 5.78 Å².